The molecule has 2 N–H and O–H groups in total. The molecule has 0 aliphatic carbocycles. The zero-order valence-corrected chi connectivity index (χ0v) is 14.4. The van der Waals surface area contributed by atoms with Crippen LogP contribution in [0.3, 0.4) is 0 Å². The SMILES string of the molecule is Cc1ccc(CC(=O)N(CCN)CCc2ccccc2)cc1.Cl. The lowest BCUT2D eigenvalue weighted by Gasteiger charge is -2.22. The Bertz CT molecular complexity index is 584. The summed E-state index contributed by atoms with van der Waals surface area (Å²) in [5, 5.41) is 0. The van der Waals surface area contributed by atoms with E-state index in [2.05, 4.69) is 12.1 Å². The van der Waals surface area contributed by atoms with Crippen molar-refractivity contribution in [2.24, 2.45) is 5.73 Å². The minimum Gasteiger partial charge on any atom is -0.341 e. The van der Waals surface area contributed by atoms with Gasteiger partial charge in [-0.05, 0) is 24.5 Å². The molecule has 23 heavy (non-hydrogen) atoms. The monoisotopic (exact) mass is 332 g/mol. The van der Waals surface area contributed by atoms with Crippen molar-refractivity contribution in [1.82, 2.24) is 4.90 Å². The Kier molecular flexibility index (Phi) is 8.38. The fourth-order valence-corrected chi connectivity index (χ4v) is 2.42. The van der Waals surface area contributed by atoms with Crippen LogP contribution in [0.15, 0.2) is 54.6 Å². The molecule has 2 rings (SSSR count). The summed E-state index contributed by atoms with van der Waals surface area (Å²) in [5.41, 5.74) is 9.16. The third kappa shape index (κ3) is 6.43. The van der Waals surface area contributed by atoms with Crippen LogP contribution in [0.5, 0.6) is 0 Å². The van der Waals surface area contributed by atoms with Gasteiger partial charge in [-0.3, -0.25) is 4.79 Å². The maximum absolute atomic E-state index is 12.5. The van der Waals surface area contributed by atoms with Crippen molar-refractivity contribution >= 4 is 18.3 Å². The molecule has 0 atom stereocenters. The van der Waals surface area contributed by atoms with E-state index in [1.54, 1.807) is 0 Å². The summed E-state index contributed by atoms with van der Waals surface area (Å²) in [6.45, 7) is 3.87. The molecule has 2 aromatic rings. The first-order valence-corrected chi connectivity index (χ1v) is 7.76. The van der Waals surface area contributed by atoms with Gasteiger partial charge in [-0.25, -0.2) is 0 Å². The first-order chi connectivity index (χ1) is 10.7. The topological polar surface area (TPSA) is 46.3 Å². The molecule has 2 aromatic carbocycles. The molecule has 124 valence electrons. The molecule has 0 spiro atoms. The van der Waals surface area contributed by atoms with Gasteiger partial charge in [0.2, 0.25) is 5.91 Å². The minimum absolute atomic E-state index is 0. The normalized spacial score (nSPS) is 10.0. The van der Waals surface area contributed by atoms with Crippen LogP contribution in [-0.2, 0) is 17.6 Å². The number of hydrogen-bond donors (Lipinski definition) is 1. The van der Waals surface area contributed by atoms with Gasteiger partial charge in [-0.2, -0.15) is 0 Å². The van der Waals surface area contributed by atoms with Crippen molar-refractivity contribution in [1.29, 1.82) is 0 Å². The summed E-state index contributed by atoms with van der Waals surface area (Å²) in [5.74, 6) is 0.144. The molecule has 0 aliphatic heterocycles. The average molecular weight is 333 g/mol. The van der Waals surface area contributed by atoms with Gasteiger partial charge in [-0.15, -0.1) is 12.4 Å². The van der Waals surface area contributed by atoms with E-state index in [-0.39, 0.29) is 18.3 Å². The van der Waals surface area contributed by atoms with Gasteiger partial charge in [0.15, 0.2) is 0 Å². The summed E-state index contributed by atoms with van der Waals surface area (Å²) in [7, 11) is 0. The van der Waals surface area contributed by atoms with Gasteiger partial charge >= 0.3 is 0 Å². The number of carbonyl (C=O) groups excluding carboxylic acids is 1. The van der Waals surface area contributed by atoms with Crippen LogP contribution >= 0.6 is 12.4 Å². The molecule has 0 fully saturated rings. The van der Waals surface area contributed by atoms with Gasteiger partial charge in [0.1, 0.15) is 0 Å². The molecule has 0 saturated carbocycles. The van der Waals surface area contributed by atoms with Crippen LogP contribution in [0.4, 0.5) is 0 Å². The van der Waals surface area contributed by atoms with Crippen LogP contribution in [0.25, 0.3) is 0 Å². The number of rotatable bonds is 7. The van der Waals surface area contributed by atoms with E-state index >= 15 is 0 Å². The maximum atomic E-state index is 12.5. The molecule has 0 bridgehead atoms. The molecule has 0 heterocycles. The van der Waals surface area contributed by atoms with E-state index in [0.717, 1.165) is 12.0 Å². The highest BCUT2D eigenvalue weighted by Gasteiger charge is 2.13. The predicted molar refractivity (Wildman–Crippen MR) is 97.9 cm³/mol. The molecule has 0 aliphatic rings. The summed E-state index contributed by atoms with van der Waals surface area (Å²) in [4.78, 5) is 14.3. The first-order valence-electron chi connectivity index (χ1n) is 7.76. The van der Waals surface area contributed by atoms with Crippen LogP contribution in [-0.4, -0.2) is 30.4 Å². The van der Waals surface area contributed by atoms with Crippen molar-refractivity contribution < 1.29 is 4.79 Å². The molecule has 0 unspecified atom stereocenters. The van der Waals surface area contributed by atoms with E-state index in [4.69, 9.17) is 5.73 Å². The van der Waals surface area contributed by atoms with Crippen molar-refractivity contribution in [3.05, 3.63) is 71.3 Å². The third-order valence-electron chi connectivity index (χ3n) is 3.74. The Morgan fingerprint density at radius 1 is 0.957 bits per heavy atom. The van der Waals surface area contributed by atoms with E-state index in [0.29, 0.717) is 26.1 Å². The third-order valence-corrected chi connectivity index (χ3v) is 3.74. The van der Waals surface area contributed by atoms with Crippen LogP contribution in [0, 0.1) is 6.92 Å². The zero-order valence-electron chi connectivity index (χ0n) is 13.6. The fraction of sp³-hybridized carbons (Fsp3) is 0.316. The maximum Gasteiger partial charge on any atom is 0.227 e. The second-order valence-electron chi connectivity index (χ2n) is 5.57. The van der Waals surface area contributed by atoms with Gasteiger partial charge < -0.3 is 10.6 Å². The van der Waals surface area contributed by atoms with Crippen molar-refractivity contribution in [3.8, 4) is 0 Å². The first kappa shape index (κ1) is 19.2. The molecule has 0 radical (unpaired) electrons. The number of amides is 1. The van der Waals surface area contributed by atoms with Crippen molar-refractivity contribution in [3.63, 3.8) is 0 Å². The lowest BCUT2D eigenvalue weighted by atomic mass is 10.1. The molecule has 0 saturated heterocycles. The van der Waals surface area contributed by atoms with Crippen LogP contribution < -0.4 is 5.73 Å². The largest absolute Gasteiger partial charge is 0.341 e. The molecular formula is C19H25ClN2O. The molecular weight excluding hydrogens is 308 g/mol. The quantitative estimate of drug-likeness (QED) is 0.847. The smallest absolute Gasteiger partial charge is 0.227 e. The Hall–Kier alpha value is -1.84. The summed E-state index contributed by atoms with van der Waals surface area (Å²) >= 11 is 0. The Labute approximate surface area is 144 Å². The molecule has 0 aromatic heterocycles. The fourth-order valence-electron chi connectivity index (χ4n) is 2.42. The average Bonchev–Trinajstić information content (AvgIpc) is 2.54. The Morgan fingerprint density at radius 3 is 2.22 bits per heavy atom. The number of nitrogens with two attached hydrogens (primary N) is 1. The molecule has 1 amide bonds. The highest BCUT2D eigenvalue weighted by molar-refractivity contribution is 5.85. The highest BCUT2D eigenvalue weighted by atomic mass is 35.5. The molecule has 4 heteroatoms. The Morgan fingerprint density at radius 2 is 1.61 bits per heavy atom. The number of halogens is 1. The number of carbonyl (C=O) groups is 1. The van der Waals surface area contributed by atoms with E-state index in [1.165, 1.54) is 11.1 Å². The van der Waals surface area contributed by atoms with Gasteiger partial charge in [-0.1, -0.05) is 60.2 Å². The summed E-state index contributed by atoms with van der Waals surface area (Å²) in [6, 6.07) is 18.4. The second kappa shape index (κ2) is 10.0. The van der Waals surface area contributed by atoms with Gasteiger partial charge in [0.05, 0.1) is 6.42 Å². The lowest BCUT2D eigenvalue weighted by molar-refractivity contribution is -0.130. The van der Waals surface area contributed by atoms with E-state index in [1.807, 2.05) is 54.3 Å². The summed E-state index contributed by atoms with van der Waals surface area (Å²) in [6.07, 6.45) is 1.30. The highest BCUT2D eigenvalue weighted by Crippen LogP contribution is 2.07. The predicted octanol–water partition coefficient (Wildman–Crippen LogP) is 2.99. The second-order valence-corrected chi connectivity index (χ2v) is 5.57. The summed E-state index contributed by atoms with van der Waals surface area (Å²) < 4.78 is 0. The van der Waals surface area contributed by atoms with Crippen LogP contribution in [0.2, 0.25) is 0 Å². The lowest BCUT2D eigenvalue weighted by Crippen LogP contribution is -2.37. The number of hydrogen-bond acceptors (Lipinski definition) is 2. The Balaban J connectivity index is 0.00000264. The van der Waals surface area contributed by atoms with E-state index < -0.39 is 0 Å². The van der Waals surface area contributed by atoms with Gasteiger partial charge in [0, 0.05) is 19.6 Å². The van der Waals surface area contributed by atoms with Crippen LogP contribution in [0.1, 0.15) is 16.7 Å². The number of benzene rings is 2. The minimum atomic E-state index is 0. The number of aryl methyl sites for hydroxylation is 1. The standard InChI is InChI=1S/C19H24N2O.ClH/c1-16-7-9-18(10-8-16)15-19(22)21(14-12-20)13-11-17-5-3-2-4-6-17;/h2-10H,11-15,20H2,1H3;1H. The van der Waals surface area contributed by atoms with Crippen molar-refractivity contribution in [2.45, 2.75) is 19.8 Å². The zero-order chi connectivity index (χ0) is 15.8. The van der Waals surface area contributed by atoms with E-state index in [9.17, 15) is 4.79 Å². The molecule has 3 nitrogen and oxygen atoms in total. The van der Waals surface area contributed by atoms with Crippen molar-refractivity contribution in [2.75, 3.05) is 19.6 Å². The van der Waals surface area contributed by atoms with Gasteiger partial charge in [0.25, 0.3) is 0 Å². The number of nitrogens with zero attached hydrogens (tertiary/aromatic N) is 1.